The number of anilines is 2. The van der Waals surface area contributed by atoms with Gasteiger partial charge in [-0.1, -0.05) is 29.3 Å². The zero-order valence-electron chi connectivity index (χ0n) is 16.7. The van der Waals surface area contributed by atoms with Crippen LogP contribution in [-0.2, 0) is 19.6 Å². The third-order valence-corrected chi connectivity index (χ3v) is 5.28. The Morgan fingerprint density at radius 1 is 0.903 bits per heavy atom. The van der Waals surface area contributed by atoms with Crippen molar-refractivity contribution in [1.82, 2.24) is 29.3 Å². The minimum atomic E-state index is 0.447. The van der Waals surface area contributed by atoms with Crippen molar-refractivity contribution in [3.63, 3.8) is 0 Å². The van der Waals surface area contributed by atoms with Gasteiger partial charge in [-0.3, -0.25) is 14.0 Å². The van der Waals surface area contributed by atoms with E-state index in [-0.39, 0.29) is 0 Å². The lowest BCUT2D eigenvalue weighted by molar-refractivity contribution is 0.654. The molecule has 0 saturated carbocycles. The molecule has 3 heterocycles. The maximum absolute atomic E-state index is 6.24. The van der Waals surface area contributed by atoms with Crippen LogP contribution < -0.4 is 10.6 Å². The van der Waals surface area contributed by atoms with Gasteiger partial charge in [0.25, 0.3) is 0 Å². The summed E-state index contributed by atoms with van der Waals surface area (Å²) >= 11 is 17.6. The van der Waals surface area contributed by atoms with Gasteiger partial charge in [-0.05, 0) is 36.8 Å². The second kappa shape index (κ2) is 9.51. The van der Waals surface area contributed by atoms with E-state index >= 15 is 0 Å². The molecule has 8 nitrogen and oxygen atoms in total. The minimum Gasteiger partial charge on any atom is -0.330 e. The summed E-state index contributed by atoms with van der Waals surface area (Å²) in [6.07, 6.45) is 11.0. The van der Waals surface area contributed by atoms with Crippen LogP contribution in [0.25, 0.3) is 0 Å². The van der Waals surface area contributed by atoms with Crippen molar-refractivity contribution >= 4 is 51.9 Å². The quantitative estimate of drug-likeness (QED) is 0.383. The maximum atomic E-state index is 6.24. The molecule has 0 bridgehead atoms. The van der Waals surface area contributed by atoms with Crippen LogP contribution in [0.15, 0.2) is 55.4 Å². The second-order valence-electron chi connectivity index (χ2n) is 6.87. The van der Waals surface area contributed by atoms with Crippen LogP contribution in [0.4, 0.5) is 11.4 Å². The summed E-state index contributed by atoms with van der Waals surface area (Å²) < 4.78 is 5.49. The first-order chi connectivity index (χ1) is 15.0. The van der Waals surface area contributed by atoms with Crippen LogP contribution in [0.5, 0.6) is 0 Å². The Morgan fingerprint density at radius 2 is 1.55 bits per heavy atom. The first-order valence-corrected chi connectivity index (χ1v) is 10.7. The van der Waals surface area contributed by atoms with E-state index in [9.17, 15) is 0 Å². The van der Waals surface area contributed by atoms with Crippen LogP contribution in [0.2, 0.25) is 10.0 Å². The normalized spacial score (nSPS) is 10.9. The van der Waals surface area contributed by atoms with Crippen LogP contribution in [0, 0.1) is 0 Å². The summed E-state index contributed by atoms with van der Waals surface area (Å²) in [5.74, 6) is 0. The predicted octanol–water partition coefficient (Wildman–Crippen LogP) is 4.51. The maximum Gasteiger partial charge on any atom is 0.175 e. The fraction of sp³-hybridized carbons (Fsp3) is 0.200. The molecule has 0 radical (unpaired) electrons. The zero-order valence-corrected chi connectivity index (χ0v) is 19.0. The molecule has 0 saturated heterocycles. The highest BCUT2D eigenvalue weighted by Gasteiger charge is 2.07. The Bertz CT molecular complexity index is 1200. The minimum absolute atomic E-state index is 0.447. The molecule has 2 N–H and O–H groups in total. The number of nitrogens with one attached hydrogen (secondary N) is 2. The lowest BCUT2D eigenvalue weighted by atomic mass is 10.2. The number of rotatable bonds is 7. The summed E-state index contributed by atoms with van der Waals surface area (Å²) in [6.45, 7) is 4.06. The number of benzene rings is 1. The SMILES string of the molecule is CCn1cc(Cn2cc(NC(=S)Nc3cnn(Cc4ccc(Cl)cc4Cl)c3)cn2)cn1. The molecular formula is C20H20Cl2N8S. The van der Waals surface area contributed by atoms with E-state index in [1.165, 1.54) is 0 Å². The van der Waals surface area contributed by atoms with Crippen molar-refractivity contribution in [3.05, 3.63) is 76.6 Å². The lowest BCUT2D eigenvalue weighted by Crippen LogP contribution is -2.18. The summed E-state index contributed by atoms with van der Waals surface area (Å²) in [4.78, 5) is 0. The summed E-state index contributed by atoms with van der Waals surface area (Å²) in [6, 6.07) is 5.41. The van der Waals surface area contributed by atoms with E-state index < -0.39 is 0 Å². The molecule has 11 heteroatoms. The Balaban J connectivity index is 1.31. The Hall–Kier alpha value is -2.88. The number of halogens is 2. The molecule has 0 fully saturated rings. The molecule has 4 aromatic rings. The van der Waals surface area contributed by atoms with Gasteiger partial charge in [-0.15, -0.1) is 0 Å². The molecule has 3 aromatic heterocycles. The third kappa shape index (κ3) is 5.63. The smallest absolute Gasteiger partial charge is 0.175 e. The van der Waals surface area contributed by atoms with Crippen LogP contribution in [0.1, 0.15) is 18.1 Å². The average molecular weight is 475 g/mol. The van der Waals surface area contributed by atoms with Gasteiger partial charge in [-0.2, -0.15) is 15.3 Å². The monoisotopic (exact) mass is 474 g/mol. The standard InChI is InChI=1S/C20H20Cl2N8S/c1-2-28-9-14(6-23-28)10-29-12-17(7-24-29)26-20(31)27-18-8-25-30(13-18)11-15-3-4-16(21)5-19(15)22/h3-9,12-13H,2,10-11H2,1H3,(H2,26,27,31). The van der Waals surface area contributed by atoms with E-state index in [2.05, 4.69) is 32.9 Å². The molecule has 0 aliphatic rings. The number of nitrogens with zero attached hydrogens (tertiary/aromatic N) is 6. The molecule has 0 atom stereocenters. The van der Waals surface area contributed by atoms with Gasteiger partial charge in [0.15, 0.2) is 5.11 Å². The number of aromatic nitrogens is 6. The second-order valence-corrected chi connectivity index (χ2v) is 8.12. The number of thiocarbonyl (C=S) groups is 1. The van der Waals surface area contributed by atoms with Crippen molar-refractivity contribution in [2.45, 2.75) is 26.6 Å². The lowest BCUT2D eigenvalue weighted by Gasteiger charge is -2.07. The molecule has 0 aliphatic carbocycles. The molecule has 0 spiro atoms. The van der Waals surface area contributed by atoms with Gasteiger partial charge < -0.3 is 10.6 Å². The van der Waals surface area contributed by atoms with Crippen molar-refractivity contribution in [2.24, 2.45) is 0 Å². The first kappa shape index (κ1) is 21.4. The van der Waals surface area contributed by atoms with Crippen LogP contribution >= 0.6 is 35.4 Å². The van der Waals surface area contributed by atoms with Gasteiger partial charge >= 0.3 is 0 Å². The molecular weight excluding hydrogens is 455 g/mol. The molecule has 0 amide bonds. The summed E-state index contributed by atoms with van der Waals surface area (Å²) in [5, 5.41) is 20.9. The average Bonchev–Trinajstić information content (AvgIpc) is 3.46. The van der Waals surface area contributed by atoms with E-state index in [1.54, 1.807) is 29.2 Å². The fourth-order valence-corrected chi connectivity index (χ4v) is 3.70. The van der Waals surface area contributed by atoms with Gasteiger partial charge in [0.2, 0.25) is 0 Å². The first-order valence-electron chi connectivity index (χ1n) is 9.56. The molecule has 4 rings (SSSR count). The Morgan fingerprint density at radius 3 is 2.16 bits per heavy atom. The van der Waals surface area contributed by atoms with Crippen molar-refractivity contribution in [3.8, 4) is 0 Å². The summed E-state index contributed by atoms with van der Waals surface area (Å²) in [7, 11) is 0. The van der Waals surface area contributed by atoms with Crippen molar-refractivity contribution in [1.29, 1.82) is 0 Å². The molecule has 0 unspecified atom stereocenters. The highest BCUT2D eigenvalue weighted by Crippen LogP contribution is 2.22. The number of hydrogen-bond donors (Lipinski definition) is 2. The highest BCUT2D eigenvalue weighted by atomic mass is 35.5. The predicted molar refractivity (Wildman–Crippen MR) is 127 cm³/mol. The van der Waals surface area contributed by atoms with Crippen molar-refractivity contribution < 1.29 is 0 Å². The van der Waals surface area contributed by atoms with E-state index in [0.29, 0.717) is 28.2 Å². The topological polar surface area (TPSA) is 77.5 Å². The zero-order chi connectivity index (χ0) is 21.8. The fourth-order valence-electron chi connectivity index (χ4n) is 3.00. The van der Waals surface area contributed by atoms with E-state index in [0.717, 1.165) is 29.0 Å². The Labute approximate surface area is 194 Å². The highest BCUT2D eigenvalue weighted by molar-refractivity contribution is 7.80. The van der Waals surface area contributed by atoms with Gasteiger partial charge in [0.1, 0.15) is 0 Å². The molecule has 0 aliphatic heterocycles. The van der Waals surface area contributed by atoms with Crippen molar-refractivity contribution in [2.75, 3.05) is 10.6 Å². The third-order valence-electron chi connectivity index (χ3n) is 4.48. The largest absolute Gasteiger partial charge is 0.330 e. The van der Waals surface area contributed by atoms with Gasteiger partial charge in [0, 0.05) is 40.7 Å². The van der Waals surface area contributed by atoms with Gasteiger partial charge in [-0.25, -0.2) is 0 Å². The molecule has 160 valence electrons. The Kier molecular flexibility index (Phi) is 6.55. The molecule has 1 aromatic carbocycles. The van der Waals surface area contributed by atoms with E-state index in [1.807, 2.05) is 40.2 Å². The van der Waals surface area contributed by atoms with Crippen LogP contribution in [0.3, 0.4) is 0 Å². The number of hydrogen-bond acceptors (Lipinski definition) is 4. The van der Waals surface area contributed by atoms with E-state index in [4.69, 9.17) is 35.4 Å². The number of aryl methyl sites for hydroxylation is 1. The van der Waals surface area contributed by atoms with Gasteiger partial charge in [0.05, 0.1) is 43.1 Å². The van der Waals surface area contributed by atoms with Crippen LogP contribution in [-0.4, -0.2) is 34.5 Å². The molecule has 31 heavy (non-hydrogen) atoms. The summed E-state index contributed by atoms with van der Waals surface area (Å²) in [5.41, 5.74) is 3.58.